The molecule has 1 heterocycles. The first kappa shape index (κ1) is 14.7. The van der Waals surface area contributed by atoms with Gasteiger partial charge in [-0.1, -0.05) is 12.1 Å². The minimum Gasteiger partial charge on any atom is -0.313 e. The molecule has 0 spiro atoms. The van der Waals surface area contributed by atoms with Crippen LogP contribution in [-0.4, -0.2) is 37.2 Å². The molecule has 1 unspecified atom stereocenters. The SMILES string of the molecule is CN1C(=O)C(S(=O)(=O)C(C)(C)C)C(=O)c2ccccc21. The molecule has 0 bridgehead atoms. The largest absolute Gasteiger partial charge is 0.313 e. The van der Waals surface area contributed by atoms with Crippen LogP contribution < -0.4 is 4.90 Å². The Balaban J connectivity index is 2.65. The Morgan fingerprint density at radius 1 is 1.10 bits per heavy atom. The van der Waals surface area contributed by atoms with E-state index in [-0.39, 0.29) is 5.56 Å². The van der Waals surface area contributed by atoms with Crippen molar-refractivity contribution in [2.45, 2.75) is 30.8 Å². The Morgan fingerprint density at radius 2 is 1.65 bits per heavy atom. The Kier molecular flexibility index (Phi) is 3.25. The standard InChI is InChI=1S/C14H17NO4S/c1-14(2,3)20(18,19)12-11(16)9-7-5-6-8-10(9)15(4)13(12)17/h5-8,12H,1-4H3. The van der Waals surface area contributed by atoms with Crippen molar-refractivity contribution in [3.05, 3.63) is 29.8 Å². The lowest BCUT2D eigenvalue weighted by Crippen LogP contribution is -2.54. The molecule has 1 aliphatic rings. The molecule has 0 saturated carbocycles. The molecule has 2 rings (SSSR count). The highest BCUT2D eigenvalue weighted by atomic mass is 32.2. The molecule has 0 aromatic heterocycles. The maximum Gasteiger partial charge on any atom is 0.253 e. The van der Waals surface area contributed by atoms with Crippen LogP contribution in [0.3, 0.4) is 0 Å². The van der Waals surface area contributed by atoms with Gasteiger partial charge in [0.05, 0.1) is 10.4 Å². The number of Topliss-reactive ketones (excluding diaryl/α,β-unsaturated/α-hetero) is 1. The van der Waals surface area contributed by atoms with Crippen LogP contribution in [0.5, 0.6) is 0 Å². The van der Waals surface area contributed by atoms with Crippen molar-refractivity contribution in [3.8, 4) is 0 Å². The third-order valence-corrected chi connectivity index (χ3v) is 6.23. The number of benzene rings is 1. The number of hydrogen-bond donors (Lipinski definition) is 0. The van der Waals surface area contributed by atoms with Gasteiger partial charge in [0.2, 0.25) is 5.25 Å². The van der Waals surface area contributed by atoms with E-state index < -0.39 is 31.5 Å². The zero-order valence-corrected chi connectivity index (χ0v) is 12.7. The first-order chi connectivity index (χ1) is 9.09. The van der Waals surface area contributed by atoms with E-state index in [4.69, 9.17) is 0 Å². The molecule has 0 N–H and O–H groups in total. The third-order valence-electron chi connectivity index (χ3n) is 3.49. The summed E-state index contributed by atoms with van der Waals surface area (Å²) in [6.45, 7) is 4.47. The molecule has 1 aromatic rings. The fourth-order valence-electron chi connectivity index (χ4n) is 2.15. The van der Waals surface area contributed by atoms with Crippen LogP contribution in [-0.2, 0) is 14.6 Å². The second-order valence-electron chi connectivity index (χ2n) is 5.82. The van der Waals surface area contributed by atoms with E-state index >= 15 is 0 Å². The van der Waals surface area contributed by atoms with E-state index in [1.165, 1.54) is 32.7 Å². The summed E-state index contributed by atoms with van der Waals surface area (Å²) in [7, 11) is -2.43. The maximum atomic E-state index is 12.5. The smallest absolute Gasteiger partial charge is 0.253 e. The van der Waals surface area contributed by atoms with Crippen molar-refractivity contribution in [2.75, 3.05) is 11.9 Å². The highest BCUT2D eigenvalue weighted by molar-refractivity contribution is 7.94. The Bertz CT molecular complexity index is 685. The zero-order chi connectivity index (χ0) is 15.3. The number of sulfone groups is 1. The van der Waals surface area contributed by atoms with Gasteiger partial charge >= 0.3 is 0 Å². The predicted molar refractivity (Wildman–Crippen MR) is 76.6 cm³/mol. The molecule has 1 aliphatic heterocycles. The number of para-hydroxylation sites is 1. The topological polar surface area (TPSA) is 71.5 Å². The summed E-state index contributed by atoms with van der Waals surface area (Å²) in [5, 5.41) is -1.65. The summed E-state index contributed by atoms with van der Waals surface area (Å²) in [5.41, 5.74) is 0.718. The lowest BCUT2D eigenvalue weighted by molar-refractivity contribution is -0.117. The van der Waals surface area contributed by atoms with E-state index in [0.29, 0.717) is 5.69 Å². The molecule has 0 radical (unpaired) electrons. The molecule has 1 amide bonds. The number of fused-ring (bicyclic) bond motifs is 1. The van der Waals surface area contributed by atoms with Crippen molar-refractivity contribution in [1.29, 1.82) is 0 Å². The second kappa shape index (κ2) is 4.41. The monoisotopic (exact) mass is 295 g/mol. The van der Waals surface area contributed by atoms with Gasteiger partial charge in [0, 0.05) is 12.6 Å². The van der Waals surface area contributed by atoms with E-state index in [1.54, 1.807) is 24.3 Å². The van der Waals surface area contributed by atoms with Crippen LogP contribution in [0, 0.1) is 0 Å². The maximum absolute atomic E-state index is 12.5. The number of nitrogens with zero attached hydrogens (tertiary/aromatic N) is 1. The molecule has 6 heteroatoms. The van der Waals surface area contributed by atoms with Gasteiger partial charge in [0.1, 0.15) is 0 Å². The minimum atomic E-state index is -3.91. The van der Waals surface area contributed by atoms with Crippen LogP contribution in [0.2, 0.25) is 0 Å². The van der Waals surface area contributed by atoms with Gasteiger partial charge in [-0.05, 0) is 32.9 Å². The van der Waals surface area contributed by atoms with E-state index in [9.17, 15) is 18.0 Å². The number of carbonyl (C=O) groups excluding carboxylic acids is 2. The molecule has 0 saturated heterocycles. The van der Waals surface area contributed by atoms with Crippen molar-refractivity contribution >= 4 is 27.2 Å². The summed E-state index contributed by atoms with van der Waals surface area (Å²) < 4.78 is 23.9. The Labute approximate surface area is 118 Å². The Morgan fingerprint density at radius 3 is 2.20 bits per heavy atom. The number of carbonyl (C=O) groups is 2. The van der Waals surface area contributed by atoms with Crippen molar-refractivity contribution < 1.29 is 18.0 Å². The third kappa shape index (κ3) is 1.95. The van der Waals surface area contributed by atoms with Gasteiger partial charge in [0.25, 0.3) is 5.91 Å². The quantitative estimate of drug-likeness (QED) is 0.735. The van der Waals surface area contributed by atoms with Gasteiger partial charge in [-0.2, -0.15) is 0 Å². The van der Waals surface area contributed by atoms with Gasteiger partial charge in [0.15, 0.2) is 15.6 Å². The predicted octanol–water partition coefficient (Wildman–Crippen LogP) is 1.43. The van der Waals surface area contributed by atoms with Gasteiger partial charge < -0.3 is 4.90 Å². The van der Waals surface area contributed by atoms with Crippen molar-refractivity contribution in [1.82, 2.24) is 0 Å². The minimum absolute atomic E-state index is 0.271. The fraction of sp³-hybridized carbons (Fsp3) is 0.429. The van der Waals surface area contributed by atoms with Gasteiger partial charge in [-0.15, -0.1) is 0 Å². The zero-order valence-electron chi connectivity index (χ0n) is 11.9. The number of anilines is 1. The van der Waals surface area contributed by atoms with Crippen LogP contribution in [0.4, 0.5) is 5.69 Å². The lowest BCUT2D eigenvalue weighted by atomic mass is 10.00. The molecule has 20 heavy (non-hydrogen) atoms. The number of hydrogen-bond acceptors (Lipinski definition) is 4. The van der Waals surface area contributed by atoms with Gasteiger partial charge in [-0.3, -0.25) is 9.59 Å². The second-order valence-corrected chi connectivity index (χ2v) is 8.60. The van der Waals surface area contributed by atoms with E-state index in [0.717, 1.165) is 0 Å². The summed E-state index contributed by atoms with van der Waals surface area (Å²) in [6, 6.07) is 6.53. The first-order valence-corrected chi connectivity index (χ1v) is 7.78. The van der Waals surface area contributed by atoms with Crippen LogP contribution in [0.25, 0.3) is 0 Å². The van der Waals surface area contributed by atoms with E-state index in [1.807, 2.05) is 0 Å². The first-order valence-electron chi connectivity index (χ1n) is 6.23. The number of amides is 1. The van der Waals surface area contributed by atoms with Crippen LogP contribution >= 0.6 is 0 Å². The number of ketones is 1. The summed E-state index contributed by atoms with van der Waals surface area (Å²) in [4.78, 5) is 26.0. The van der Waals surface area contributed by atoms with Crippen molar-refractivity contribution in [2.24, 2.45) is 0 Å². The molecule has 108 valence electrons. The highest BCUT2D eigenvalue weighted by Gasteiger charge is 2.50. The van der Waals surface area contributed by atoms with Crippen molar-refractivity contribution in [3.63, 3.8) is 0 Å². The van der Waals surface area contributed by atoms with Gasteiger partial charge in [-0.25, -0.2) is 8.42 Å². The molecule has 1 aromatic carbocycles. The highest BCUT2D eigenvalue weighted by Crippen LogP contribution is 2.32. The summed E-state index contributed by atoms with van der Waals surface area (Å²) in [6.07, 6.45) is 0. The van der Waals surface area contributed by atoms with Crippen LogP contribution in [0.1, 0.15) is 31.1 Å². The Hall–Kier alpha value is -1.69. The summed E-state index contributed by atoms with van der Waals surface area (Å²) in [5.74, 6) is -1.33. The molecular weight excluding hydrogens is 278 g/mol. The fourth-order valence-corrected chi connectivity index (χ4v) is 3.69. The normalized spacial score (nSPS) is 20.0. The van der Waals surface area contributed by atoms with Crippen LogP contribution in [0.15, 0.2) is 24.3 Å². The average molecular weight is 295 g/mol. The molecule has 1 atom stereocenters. The molecule has 0 aliphatic carbocycles. The average Bonchev–Trinajstić information content (AvgIpc) is 2.35. The number of rotatable bonds is 1. The molecule has 5 nitrogen and oxygen atoms in total. The lowest BCUT2D eigenvalue weighted by Gasteiger charge is -2.33. The molecular formula is C14H17NO4S. The summed E-state index contributed by atoms with van der Waals surface area (Å²) >= 11 is 0. The van der Waals surface area contributed by atoms with E-state index in [2.05, 4.69) is 0 Å². The molecule has 0 fully saturated rings.